The molecule has 0 amide bonds. The summed E-state index contributed by atoms with van der Waals surface area (Å²) in [6.07, 6.45) is 8.55. The second-order valence-electron chi connectivity index (χ2n) is 9.63. The Kier molecular flexibility index (Phi) is 4.48. The van der Waals surface area contributed by atoms with E-state index in [1.165, 1.54) is 0 Å². The topological polar surface area (TPSA) is 88.1 Å². The Morgan fingerprint density at radius 1 is 1.15 bits per heavy atom. The fourth-order valence-electron chi connectivity index (χ4n) is 5.55. The van der Waals surface area contributed by atoms with Crippen LogP contribution in [-0.2, 0) is 6.42 Å². The first-order valence-corrected chi connectivity index (χ1v) is 12.1. The van der Waals surface area contributed by atoms with E-state index < -0.39 is 0 Å². The maximum atomic E-state index is 14.5. The van der Waals surface area contributed by atoms with Crippen molar-refractivity contribution in [2.24, 2.45) is 0 Å². The Labute approximate surface area is 197 Å². The van der Waals surface area contributed by atoms with Crippen molar-refractivity contribution in [2.75, 3.05) is 30.4 Å². The van der Waals surface area contributed by atoms with Crippen LogP contribution in [0.2, 0.25) is 0 Å². The van der Waals surface area contributed by atoms with Crippen LogP contribution in [0, 0.1) is 5.82 Å². The number of fused-ring (bicyclic) bond motifs is 4. The van der Waals surface area contributed by atoms with Crippen LogP contribution in [0.15, 0.2) is 24.5 Å². The van der Waals surface area contributed by atoms with Gasteiger partial charge >= 0.3 is 6.01 Å². The molecular formula is C25H26FN7O. The van der Waals surface area contributed by atoms with E-state index in [9.17, 15) is 4.39 Å². The van der Waals surface area contributed by atoms with Gasteiger partial charge in [-0.25, -0.2) is 14.4 Å². The minimum atomic E-state index is -0.268. The van der Waals surface area contributed by atoms with Crippen molar-refractivity contribution in [3.05, 3.63) is 47.4 Å². The zero-order chi connectivity index (χ0) is 22.8. The van der Waals surface area contributed by atoms with Crippen LogP contribution in [0.5, 0.6) is 11.8 Å². The summed E-state index contributed by atoms with van der Waals surface area (Å²) in [7, 11) is 1.82. The highest BCUT2D eigenvalue weighted by molar-refractivity contribution is 5.88. The number of nitrogens with one attached hydrogen (secondary N) is 2. The average molecular weight is 460 g/mol. The number of halogens is 1. The molecule has 8 nitrogen and oxygen atoms in total. The summed E-state index contributed by atoms with van der Waals surface area (Å²) >= 11 is 0. The van der Waals surface area contributed by atoms with Crippen molar-refractivity contribution in [3.8, 4) is 22.9 Å². The van der Waals surface area contributed by atoms with Gasteiger partial charge in [0.25, 0.3) is 0 Å². The number of hydrogen-bond acceptors (Lipinski definition) is 8. The zero-order valence-electron chi connectivity index (χ0n) is 19.0. The number of benzene rings is 1. The first-order valence-electron chi connectivity index (χ1n) is 12.1. The SMILES string of the molecule is CNc1cc(F)cc2c1Cc1nc(Oc3cnc(C4CC4)nc3)nc(N3CC4NCCCC43)c1-2. The van der Waals surface area contributed by atoms with Gasteiger partial charge in [0.1, 0.15) is 17.5 Å². The maximum Gasteiger partial charge on any atom is 0.324 e. The lowest BCUT2D eigenvalue weighted by Crippen LogP contribution is -2.68. The molecule has 9 heteroatoms. The number of hydrogen-bond donors (Lipinski definition) is 2. The number of anilines is 2. The Morgan fingerprint density at radius 3 is 2.76 bits per heavy atom. The molecule has 2 N–H and O–H groups in total. The van der Waals surface area contributed by atoms with Crippen molar-refractivity contribution in [3.63, 3.8) is 0 Å². The van der Waals surface area contributed by atoms with Crippen LogP contribution in [-0.4, -0.2) is 52.2 Å². The maximum absolute atomic E-state index is 14.5. The second-order valence-corrected chi connectivity index (χ2v) is 9.63. The molecule has 2 aliphatic carbocycles. The summed E-state index contributed by atoms with van der Waals surface area (Å²) in [4.78, 5) is 20.9. The van der Waals surface area contributed by atoms with Crippen LogP contribution in [0.4, 0.5) is 15.9 Å². The van der Waals surface area contributed by atoms with Gasteiger partial charge < -0.3 is 20.3 Å². The largest absolute Gasteiger partial charge is 0.421 e. The Hall–Kier alpha value is -3.33. The molecule has 2 atom stereocenters. The van der Waals surface area contributed by atoms with Gasteiger partial charge in [0.05, 0.1) is 18.1 Å². The number of aromatic nitrogens is 4. The van der Waals surface area contributed by atoms with Gasteiger partial charge in [-0.2, -0.15) is 9.97 Å². The van der Waals surface area contributed by atoms with E-state index in [0.717, 1.165) is 78.5 Å². The van der Waals surface area contributed by atoms with Crippen LogP contribution >= 0.6 is 0 Å². The van der Waals surface area contributed by atoms with Crippen molar-refractivity contribution < 1.29 is 9.13 Å². The summed E-state index contributed by atoms with van der Waals surface area (Å²) in [6.45, 7) is 1.93. The summed E-state index contributed by atoms with van der Waals surface area (Å²) < 4.78 is 20.6. The molecule has 34 heavy (non-hydrogen) atoms. The molecule has 7 rings (SSSR count). The number of ether oxygens (including phenoxy) is 1. The first kappa shape index (κ1) is 20.1. The predicted molar refractivity (Wildman–Crippen MR) is 126 cm³/mol. The Bertz CT molecular complexity index is 1280. The minimum Gasteiger partial charge on any atom is -0.421 e. The van der Waals surface area contributed by atoms with Gasteiger partial charge in [-0.15, -0.1) is 0 Å². The minimum absolute atomic E-state index is 0.268. The monoisotopic (exact) mass is 459 g/mol. The third kappa shape index (κ3) is 3.21. The number of piperidine rings is 1. The highest BCUT2D eigenvalue weighted by atomic mass is 19.1. The molecule has 1 saturated carbocycles. The first-order chi connectivity index (χ1) is 16.7. The number of rotatable bonds is 5. The molecular weight excluding hydrogens is 433 g/mol. The van der Waals surface area contributed by atoms with Gasteiger partial charge in [0.2, 0.25) is 0 Å². The third-order valence-corrected chi connectivity index (χ3v) is 7.46. The van der Waals surface area contributed by atoms with Gasteiger partial charge in [0.15, 0.2) is 5.75 Å². The van der Waals surface area contributed by atoms with Crippen LogP contribution in [0.1, 0.15) is 48.7 Å². The molecule has 174 valence electrons. The van der Waals surface area contributed by atoms with Crippen molar-refractivity contribution >= 4 is 11.5 Å². The van der Waals surface area contributed by atoms with Crippen LogP contribution in [0.3, 0.4) is 0 Å². The van der Waals surface area contributed by atoms with Crippen molar-refractivity contribution in [1.29, 1.82) is 0 Å². The molecule has 2 saturated heterocycles. The standard InChI is InChI=1S/C25H26FN7O/c1-27-18-8-14(26)7-17-16(18)9-19-22(17)24(33-12-20-21(33)3-2-6-28-20)32-25(31-19)34-15-10-29-23(30-11-15)13-4-5-13/h7-8,10-11,13,20-21,27-28H,2-6,9,12H2,1H3. The molecule has 0 radical (unpaired) electrons. The normalized spacial score (nSPS) is 22.5. The molecule has 4 heterocycles. The summed E-state index contributed by atoms with van der Waals surface area (Å²) in [6, 6.07) is 4.27. The van der Waals surface area contributed by atoms with E-state index in [1.807, 2.05) is 7.05 Å². The highest BCUT2D eigenvalue weighted by Crippen LogP contribution is 2.47. The quantitative estimate of drug-likeness (QED) is 0.468. The molecule has 0 bridgehead atoms. The van der Waals surface area contributed by atoms with E-state index in [4.69, 9.17) is 14.7 Å². The van der Waals surface area contributed by atoms with Crippen molar-refractivity contribution in [1.82, 2.24) is 25.3 Å². The van der Waals surface area contributed by atoms with Crippen molar-refractivity contribution in [2.45, 2.75) is 50.1 Å². The van der Waals surface area contributed by atoms with Gasteiger partial charge in [0, 0.05) is 49.3 Å². The molecule has 1 aromatic carbocycles. The summed E-state index contributed by atoms with van der Waals surface area (Å²) in [5.41, 5.74) is 4.47. The van der Waals surface area contributed by atoms with E-state index in [2.05, 4.69) is 25.5 Å². The molecule has 2 unspecified atom stereocenters. The molecule has 4 aliphatic rings. The van der Waals surface area contributed by atoms with Gasteiger partial charge in [-0.05, 0) is 55.5 Å². The average Bonchev–Trinajstić information content (AvgIpc) is 3.61. The van der Waals surface area contributed by atoms with E-state index in [1.54, 1.807) is 24.5 Å². The van der Waals surface area contributed by atoms with Crippen LogP contribution < -0.4 is 20.3 Å². The highest BCUT2D eigenvalue weighted by Gasteiger charge is 2.43. The third-order valence-electron chi connectivity index (χ3n) is 7.46. The van der Waals surface area contributed by atoms with E-state index in [0.29, 0.717) is 30.2 Å². The lowest BCUT2D eigenvalue weighted by atomic mass is 9.88. The van der Waals surface area contributed by atoms with E-state index >= 15 is 0 Å². The summed E-state index contributed by atoms with van der Waals surface area (Å²) in [5, 5.41) is 6.74. The van der Waals surface area contributed by atoms with Gasteiger partial charge in [-0.3, -0.25) is 0 Å². The molecule has 0 spiro atoms. The van der Waals surface area contributed by atoms with Gasteiger partial charge in [-0.1, -0.05) is 0 Å². The second kappa shape index (κ2) is 7.59. The lowest BCUT2D eigenvalue weighted by molar-refractivity contribution is 0.256. The smallest absolute Gasteiger partial charge is 0.324 e. The predicted octanol–water partition coefficient (Wildman–Crippen LogP) is 3.63. The summed E-state index contributed by atoms with van der Waals surface area (Å²) in [5.74, 6) is 2.44. The fraction of sp³-hybridized carbons (Fsp3) is 0.440. The molecule has 2 aromatic heterocycles. The lowest BCUT2D eigenvalue weighted by Gasteiger charge is -2.52. The molecule has 2 aliphatic heterocycles. The Balaban J connectivity index is 1.30. The Morgan fingerprint density at radius 2 is 2.00 bits per heavy atom. The fourth-order valence-corrected chi connectivity index (χ4v) is 5.55. The molecule has 3 aromatic rings. The van der Waals surface area contributed by atoms with Crippen LogP contribution in [0.25, 0.3) is 11.1 Å². The molecule has 3 fully saturated rings. The number of nitrogens with zero attached hydrogens (tertiary/aromatic N) is 5. The van der Waals surface area contributed by atoms with E-state index in [-0.39, 0.29) is 11.8 Å². The zero-order valence-corrected chi connectivity index (χ0v) is 19.0.